The molecule has 3 heteroatoms. The van der Waals surface area contributed by atoms with Gasteiger partial charge in [-0.3, -0.25) is 9.20 Å². The molecular formula is C22H12N2O. The molecular weight excluding hydrogens is 308 g/mol. The number of rotatable bonds is 0. The summed E-state index contributed by atoms with van der Waals surface area (Å²) in [7, 11) is 0. The summed E-state index contributed by atoms with van der Waals surface area (Å²) in [5.74, 6) is 0. The summed E-state index contributed by atoms with van der Waals surface area (Å²) in [4.78, 5) is 18.1. The van der Waals surface area contributed by atoms with Crippen LogP contribution in [-0.4, -0.2) is 9.38 Å². The Hall–Kier alpha value is -3.46. The van der Waals surface area contributed by atoms with Gasteiger partial charge >= 0.3 is 0 Å². The van der Waals surface area contributed by atoms with E-state index in [4.69, 9.17) is 4.98 Å². The second-order valence-electron chi connectivity index (χ2n) is 6.44. The van der Waals surface area contributed by atoms with Crippen molar-refractivity contribution < 1.29 is 0 Å². The van der Waals surface area contributed by atoms with Crippen LogP contribution in [0.3, 0.4) is 0 Å². The molecule has 0 fully saturated rings. The number of benzene rings is 4. The van der Waals surface area contributed by atoms with Crippen LogP contribution in [-0.2, 0) is 0 Å². The highest BCUT2D eigenvalue weighted by Gasteiger charge is 2.16. The Bertz CT molecular complexity index is 1510. The summed E-state index contributed by atoms with van der Waals surface area (Å²) in [5, 5.41) is 6.05. The Morgan fingerprint density at radius 3 is 2.28 bits per heavy atom. The summed E-state index contributed by atoms with van der Waals surface area (Å²) in [6.07, 6.45) is 0. The van der Waals surface area contributed by atoms with E-state index in [0.717, 1.165) is 49.0 Å². The molecule has 2 heterocycles. The highest BCUT2D eigenvalue weighted by Crippen LogP contribution is 2.31. The first kappa shape index (κ1) is 12.9. The summed E-state index contributed by atoms with van der Waals surface area (Å²) in [5.41, 5.74) is 2.48. The predicted octanol–water partition coefficient (Wildman–Crippen LogP) is 4.75. The van der Waals surface area contributed by atoms with Crippen LogP contribution in [0.2, 0.25) is 0 Å². The summed E-state index contributed by atoms with van der Waals surface area (Å²) in [6, 6.07) is 24.2. The van der Waals surface area contributed by atoms with Gasteiger partial charge in [0.1, 0.15) is 5.65 Å². The Kier molecular flexibility index (Phi) is 2.24. The lowest BCUT2D eigenvalue weighted by atomic mass is 10.0. The number of pyridine rings is 1. The van der Waals surface area contributed by atoms with Crippen molar-refractivity contribution >= 4 is 49.0 Å². The fraction of sp³-hybridized carbons (Fsp3) is 0. The molecule has 0 radical (unpaired) electrons. The monoisotopic (exact) mass is 320 g/mol. The van der Waals surface area contributed by atoms with Crippen LogP contribution in [0.4, 0.5) is 0 Å². The van der Waals surface area contributed by atoms with E-state index in [1.54, 1.807) is 4.40 Å². The number of fused-ring (bicyclic) bond motifs is 6. The molecule has 0 amide bonds. The quantitative estimate of drug-likeness (QED) is 0.405. The molecule has 0 unspecified atom stereocenters. The lowest BCUT2D eigenvalue weighted by Crippen LogP contribution is -2.13. The van der Waals surface area contributed by atoms with Gasteiger partial charge in [0.15, 0.2) is 0 Å². The second-order valence-corrected chi connectivity index (χ2v) is 6.44. The van der Waals surface area contributed by atoms with Gasteiger partial charge in [0.25, 0.3) is 5.56 Å². The molecule has 0 saturated heterocycles. The Labute approximate surface area is 142 Å². The van der Waals surface area contributed by atoms with Gasteiger partial charge < -0.3 is 0 Å². The molecule has 116 valence electrons. The SMILES string of the molecule is O=c1c2cccc3cccc(c32)c2nc3c4ccccc4ccc3n12. The topological polar surface area (TPSA) is 34.4 Å². The van der Waals surface area contributed by atoms with Crippen molar-refractivity contribution in [3.8, 4) is 0 Å². The maximum atomic E-state index is 13.2. The van der Waals surface area contributed by atoms with Gasteiger partial charge in [-0.15, -0.1) is 0 Å². The smallest absolute Gasteiger partial charge is 0.264 e. The first-order chi connectivity index (χ1) is 12.3. The van der Waals surface area contributed by atoms with Crippen molar-refractivity contribution in [2.45, 2.75) is 0 Å². The fourth-order valence-corrected chi connectivity index (χ4v) is 4.02. The first-order valence-electron chi connectivity index (χ1n) is 8.30. The van der Waals surface area contributed by atoms with Crippen LogP contribution < -0.4 is 5.56 Å². The molecule has 0 atom stereocenters. The minimum atomic E-state index is -0.00270. The van der Waals surface area contributed by atoms with Crippen LogP contribution >= 0.6 is 0 Å². The molecule has 0 aliphatic heterocycles. The van der Waals surface area contributed by atoms with E-state index in [-0.39, 0.29) is 5.56 Å². The molecule has 0 N–H and O–H groups in total. The molecule has 0 saturated carbocycles. The lowest BCUT2D eigenvalue weighted by molar-refractivity contribution is 1.19. The van der Waals surface area contributed by atoms with E-state index in [1.807, 2.05) is 48.5 Å². The van der Waals surface area contributed by atoms with Crippen molar-refractivity contribution in [1.29, 1.82) is 0 Å². The van der Waals surface area contributed by atoms with Crippen molar-refractivity contribution in [3.05, 3.63) is 83.2 Å². The van der Waals surface area contributed by atoms with Crippen molar-refractivity contribution in [3.63, 3.8) is 0 Å². The molecule has 0 bridgehead atoms. The fourth-order valence-electron chi connectivity index (χ4n) is 4.02. The molecule has 25 heavy (non-hydrogen) atoms. The molecule has 2 aromatic heterocycles. The van der Waals surface area contributed by atoms with E-state index in [2.05, 4.69) is 24.3 Å². The number of nitrogens with zero attached hydrogens (tertiary/aromatic N) is 2. The van der Waals surface area contributed by atoms with E-state index >= 15 is 0 Å². The van der Waals surface area contributed by atoms with Gasteiger partial charge in [-0.1, -0.05) is 60.7 Å². The number of imidazole rings is 1. The molecule has 3 nitrogen and oxygen atoms in total. The predicted molar refractivity (Wildman–Crippen MR) is 103 cm³/mol. The maximum absolute atomic E-state index is 13.2. The van der Waals surface area contributed by atoms with Gasteiger partial charge in [0, 0.05) is 21.5 Å². The second kappa shape index (κ2) is 4.33. The van der Waals surface area contributed by atoms with E-state index in [9.17, 15) is 4.79 Å². The molecule has 0 aliphatic carbocycles. The zero-order valence-corrected chi connectivity index (χ0v) is 13.2. The first-order valence-corrected chi connectivity index (χ1v) is 8.30. The Balaban J connectivity index is 2.02. The van der Waals surface area contributed by atoms with Gasteiger partial charge in [-0.05, 0) is 22.9 Å². The largest absolute Gasteiger partial charge is 0.268 e. The summed E-state index contributed by atoms with van der Waals surface area (Å²) in [6.45, 7) is 0. The lowest BCUT2D eigenvalue weighted by Gasteiger charge is -2.06. The average molecular weight is 320 g/mol. The van der Waals surface area contributed by atoms with Crippen molar-refractivity contribution in [1.82, 2.24) is 9.38 Å². The zero-order chi connectivity index (χ0) is 16.5. The van der Waals surface area contributed by atoms with Crippen molar-refractivity contribution in [2.24, 2.45) is 0 Å². The molecule has 6 aromatic rings. The minimum absolute atomic E-state index is 0.00270. The third kappa shape index (κ3) is 1.50. The molecule has 0 aliphatic rings. The molecule has 6 rings (SSSR count). The van der Waals surface area contributed by atoms with Crippen molar-refractivity contribution in [2.75, 3.05) is 0 Å². The van der Waals surface area contributed by atoms with Crippen LogP contribution in [0.25, 0.3) is 49.0 Å². The van der Waals surface area contributed by atoms with Crippen LogP contribution in [0, 0.1) is 0 Å². The summed E-state index contributed by atoms with van der Waals surface area (Å²) < 4.78 is 1.76. The van der Waals surface area contributed by atoms with E-state index in [1.165, 1.54) is 0 Å². The summed E-state index contributed by atoms with van der Waals surface area (Å²) >= 11 is 0. The van der Waals surface area contributed by atoms with Gasteiger partial charge in [0.2, 0.25) is 0 Å². The van der Waals surface area contributed by atoms with Crippen LogP contribution in [0.15, 0.2) is 77.6 Å². The highest BCUT2D eigenvalue weighted by atomic mass is 16.1. The number of aromatic nitrogens is 2. The van der Waals surface area contributed by atoms with Crippen LogP contribution in [0.5, 0.6) is 0 Å². The number of hydrogen-bond acceptors (Lipinski definition) is 2. The van der Waals surface area contributed by atoms with Gasteiger partial charge in [-0.2, -0.15) is 0 Å². The Morgan fingerprint density at radius 1 is 0.680 bits per heavy atom. The molecule has 0 spiro atoms. The maximum Gasteiger partial charge on any atom is 0.264 e. The van der Waals surface area contributed by atoms with Gasteiger partial charge in [0.05, 0.1) is 11.0 Å². The standard InChI is InChI=1S/C22H12N2O/c25-22-17-10-4-7-14-6-3-9-16(19(14)17)21-23-20-15-8-2-1-5-13(15)11-12-18(20)24(21)22/h1-12H. The average Bonchev–Trinajstić information content (AvgIpc) is 3.06. The normalized spacial score (nSPS) is 12.2. The molecule has 4 aromatic carbocycles. The van der Waals surface area contributed by atoms with E-state index in [0.29, 0.717) is 0 Å². The third-order valence-corrected chi connectivity index (χ3v) is 5.13. The third-order valence-electron chi connectivity index (χ3n) is 5.13. The van der Waals surface area contributed by atoms with E-state index < -0.39 is 0 Å². The minimum Gasteiger partial charge on any atom is -0.268 e. The number of hydrogen-bond donors (Lipinski definition) is 0. The Morgan fingerprint density at radius 2 is 1.40 bits per heavy atom. The van der Waals surface area contributed by atoms with Crippen LogP contribution in [0.1, 0.15) is 0 Å². The zero-order valence-electron chi connectivity index (χ0n) is 13.2. The van der Waals surface area contributed by atoms with Gasteiger partial charge in [-0.25, -0.2) is 4.98 Å². The highest BCUT2D eigenvalue weighted by molar-refractivity contribution is 6.16.